The Kier molecular flexibility index (Phi) is 3.33. The smallest absolute Gasteiger partial charge is 0.139 e. The number of hydrogen-bond acceptors (Lipinski definition) is 3. The van der Waals surface area contributed by atoms with Gasteiger partial charge >= 0.3 is 0 Å². The number of nitrogens with zero attached hydrogens (tertiary/aromatic N) is 3. The van der Waals surface area contributed by atoms with E-state index in [1.165, 1.54) is 6.07 Å². The van der Waals surface area contributed by atoms with Crippen LogP contribution in [0.15, 0.2) is 41.0 Å². The molecule has 3 rings (SSSR count). The zero-order valence-electron chi connectivity index (χ0n) is 11.6. The van der Waals surface area contributed by atoms with Crippen molar-refractivity contribution in [3.8, 4) is 11.3 Å². The summed E-state index contributed by atoms with van der Waals surface area (Å²) in [5, 5.41) is 0. The Balaban J connectivity index is 2.24. The van der Waals surface area contributed by atoms with Gasteiger partial charge in [-0.3, -0.25) is 4.40 Å². The number of imidazole rings is 1. The van der Waals surface area contributed by atoms with Gasteiger partial charge in [0, 0.05) is 30.3 Å². The number of rotatable bonds is 2. The first-order chi connectivity index (χ1) is 9.97. The maximum Gasteiger partial charge on any atom is 0.139 e. The third-order valence-electron chi connectivity index (χ3n) is 3.34. The maximum atomic E-state index is 14.0. The summed E-state index contributed by atoms with van der Waals surface area (Å²) in [5.41, 5.74) is 8.67. The fourth-order valence-electron chi connectivity index (χ4n) is 2.19. The molecule has 108 valence electrons. The highest BCUT2D eigenvalue weighted by Gasteiger charge is 2.15. The highest BCUT2D eigenvalue weighted by atomic mass is 79.9. The maximum absolute atomic E-state index is 14.0. The highest BCUT2D eigenvalue weighted by Crippen LogP contribution is 2.31. The van der Waals surface area contributed by atoms with Crippen molar-refractivity contribution in [2.75, 3.05) is 24.7 Å². The number of hydrogen-bond donors (Lipinski definition) is 1. The molecule has 2 heterocycles. The minimum Gasteiger partial charge on any atom is -0.383 e. The van der Waals surface area contributed by atoms with Gasteiger partial charge in [0.25, 0.3) is 0 Å². The molecule has 0 fully saturated rings. The van der Waals surface area contributed by atoms with Gasteiger partial charge in [-0.2, -0.15) is 0 Å². The Morgan fingerprint density at radius 3 is 2.71 bits per heavy atom. The zero-order valence-corrected chi connectivity index (χ0v) is 13.2. The van der Waals surface area contributed by atoms with E-state index in [9.17, 15) is 4.39 Å². The molecule has 0 bridgehead atoms. The molecule has 2 aromatic heterocycles. The van der Waals surface area contributed by atoms with Crippen LogP contribution in [-0.4, -0.2) is 23.5 Å². The fraction of sp³-hybridized carbons (Fsp3) is 0.133. The van der Waals surface area contributed by atoms with Crippen molar-refractivity contribution in [1.29, 1.82) is 0 Å². The van der Waals surface area contributed by atoms with Crippen LogP contribution in [0, 0.1) is 5.82 Å². The molecule has 21 heavy (non-hydrogen) atoms. The molecule has 0 aliphatic rings. The predicted octanol–water partition coefficient (Wildman–Crippen LogP) is 3.55. The van der Waals surface area contributed by atoms with E-state index in [0.29, 0.717) is 22.7 Å². The topological polar surface area (TPSA) is 46.6 Å². The molecule has 0 radical (unpaired) electrons. The second-order valence-corrected chi connectivity index (χ2v) is 5.90. The van der Waals surface area contributed by atoms with E-state index in [1.807, 2.05) is 37.3 Å². The summed E-state index contributed by atoms with van der Waals surface area (Å²) in [6, 6.07) is 8.54. The van der Waals surface area contributed by atoms with Gasteiger partial charge in [-0.15, -0.1) is 0 Å². The lowest BCUT2D eigenvalue weighted by Crippen LogP contribution is -2.09. The number of aromatic nitrogens is 2. The van der Waals surface area contributed by atoms with Crippen molar-refractivity contribution < 1.29 is 4.39 Å². The van der Waals surface area contributed by atoms with Crippen LogP contribution in [-0.2, 0) is 0 Å². The van der Waals surface area contributed by atoms with Crippen LogP contribution in [0.5, 0.6) is 0 Å². The molecule has 4 nitrogen and oxygen atoms in total. The van der Waals surface area contributed by atoms with Crippen LogP contribution in [0.2, 0.25) is 0 Å². The van der Waals surface area contributed by atoms with Crippen molar-refractivity contribution >= 4 is 33.1 Å². The summed E-state index contributed by atoms with van der Waals surface area (Å²) < 4.78 is 16.6. The number of anilines is 2. The number of pyridine rings is 1. The first-order valence-electron chi connectivity index (χ1n) is 6.37. The molecule has 1 aromatic carbocycles. The van der Waals surface area contributed by atoms with E-state index < -0.39 is 0 Å². The van der Waals surface area contributed by atoms with Crippen LogP contribution in [0.25, 0.3) is 16.9 Å². The summed E-state index contributed by atoms with van der Waals surface area (Å²) in [6.07, 6.45) is 1.89. The van der Waals surface area contributed by atoms with E-state index in [-0.39, 0.29) is 5.82 Å². The lowest BCUT2D eigenvalue weighted by Gasteiger charge is -2.12. The Hall–Kier alpha value is -2.08. The van der Waals surface area contributed by atoms with E-state index in [2.05, 4.69) is 20.9 Å². The first kappa shape index (κ1) is 13.9. The highest BCUT2D eigenvalue weighted by molar-refractivity contribution is 9.10. The number of benzene rings is 1. The summed E-state index contributed by atoms with van der Waals surface area (Å²) in [6.45, 7) is 0. The summed E-state index contributed by atoms with van der Waals surface area (Å²) in [4.78, 5) is 6.41. The average molecular weight is 349 g/mol. The molecule has 0 saturated heterocycles. The van der Waals surface area contributed by atoms with Gasteiger partial charge in [0.2, 0.25) is 0 Å². The van der Waals surface area contributed by atoms with Crippen LogP contribution in [0.3, 0.4) is 0 Å². The van der Waals surface area contributed by atoms with Gasteiger partial charge in [0.05, 0.1) is 5.69 Å². The number of nitrogens with two attached hydrogens (primary N) is 1. The third kappa shape index (κ3) is 2.35. The fourth-order valence-corrected chi connectivity index (χ4v) is 2.55. The van der Waals surface area contributed by atoms with Crippen LogP contribution < -0.4 is 10.6 Å². The molecule has 0 atom stereocenters. The number of fused-ring (bicyclic) bond motifs is 1. The molecular formula is C15H14BrFN4. The molecule has 0 amide bonds. The molecular weight excluding hydrogens is 335 g/mol. The quantitative estimate of drug-likeness (QED) is 0.770. The van der Waals surface area contributed by atoms with E-state index in [4.69, 9.17) is 5.73 Å². The Morgan fingerprint density at radius 1 is 1.24 bits per heavy atom. The zero-order chi connectivity index (χ0) is 15.1. The molecule has 6 heteroatoms. The Labute approximate surface area is 130 Å². The molecule has 0 unspecified atom stereocenters. The van der Waals surface area contributed by atoms with Gasteiger partial charge in [-0.25, -0.2) is 9.37 Å². The molecule has 2 N–H and O–H groups in total. The number of halogens is 2. The standard InChI is InChI=1S/C15H14BrFN4/c1-20(2)10-4-6-13-19-14(15(18)21(13)8-10)11-7-9(16)3-5-12(11)17/h3-8H,18H2,1-2H3. The van der Waals surface area contributed by atoms with Crippen LogP contribution in [0.1, 0.15) is 0 Å². The Morgan fingerprint density at radius 2 is 2.00 bits per heavy atom. The normalized spacial score (nSPS) is 11.0. The molecule has 0 spiro atoms. The Bertz CT molecular complexity index is 826. The van der Waals surface area contributed by atoms with Crippen LogP contribution in [0.4, 0.5) is 15.9 Å². The van der Waals surface area contributed by atoms with Gasteiger partial charge < -0.3 is 10.6 Å². The van der Waals surface area contributed by atoms with Gasteiger partial charge in [0.1, 0.15) is 23.0 Å². The van der Waals surface area contributed by atoms with E-state index in [0.717, 1.165) is 10.2 Å². The SMILES string of the molecule is CN(C)c1ccc2nc(-c3cc(Br)ccc3F)c(N)n2c1. The van der Waals surface area contributed by atoms with Crippen molar-refractivity contribution in [3.05, 3.63) is 46.8 Å². The monoisotopic (exact) mass is 348 g/mol. The molecule has 0 saturated carbocycles. The van der Waals surface area contributed by atoms with Gasteiger partial charge in [0.15, 0.2) is 0 Å². The lowest BCUT2D eigenvalue weighted by molar-refractivity contribution is 0.630. The average Bonchev–Trinajstić information content (AvgIpc) is 2.78. The van der Waals surface area contributed by atoms with Crippen molar-refractivity contribution in [1.82, 2.24) is 9.38 Å². The lowest BCUT2D eigenvalue weighted by atomic mass is 10.1. The first-order valence-corrected chi connectivity index (χ1v) is 7.17. The molecule has 0 aliphatic carbocycles. The van der Waals surface area contributed by atoms with Crippen molar-refractivity contribution in [2.45, 2.75) is 0 Å². The minimum absolute atomic E-state index is 0.346. The minimum atomic E-state index is -0.346. The summed E-state index contributed by atoms with van der Waals surface area (Å²) in [7, 11) is 3.90. The third-order valence-corrected chi connectivity index (χ3v) is 3.83. The second-order valence-electron chi connectivity index (χ2n) is 4.98. The van der Waals surface area contributed by atoms with Crippen molar-refractivity contribution in [2.24, 2.45) is 0 Å². The van der Waals surface area contributed by atoms with Gasteiger partial charge in [-0.1, -0.05) is 15.9 Å². The predicted molar refractivity (Wildman–Crippen MR) is 87.0 cm³/mol. The second kappa shape index (κ2) is 5.04. The molecule has 0 aliphatic heterocycles. The van der Waals surface area contributed by atoms with Gasteiger partial charge in [-0.05, 0) is 30.3 Å². The number of nitrogen functional groups attached to an aromatic ring is 1. The molecule has 3 aromatic rings. The summed E-state index contributed by atoms with van der Waals surface area (Å²) >= 11 is 3.34. The van der Waals surface area contributed by atoms with Crippen molar-refractivity contribution in [3.63, 3.8) is 0 Å². The summed E-state index contributed by atoms with van der Waals surface area (Å²) in [5.74, 6) is 0.0758. The largest absolute Gasteiger partial charge is 0.383 e. The van der Waals surface area contributed by atoms with Crippen LogP contribution >= 0.6 is 15.9 Å². The van der Waals surface area contributed by atoms with E-state index >= 15 is 0 Å². The van der Waals surface area contributed by atoms with E-state index in [1.54, 1.807) is 16.5 Å².